The SMILES string of the molecule is N#Cc1cc(NC(c2ccccc2)C2CC2)ccc1F. The highest BCUT2D eigenvalue weighted by Crippen LogP contribution is 2.42. The van der Waals surface area contributed by atoms with Gasteiger partial charge in [0, 0.05) is 5.69 Å². The highest BCUT2D eigenvalue weighted by Gasteiger charge is 2.32. The molecule has 3 heteroatoms. The van der Waals surface area contributed by atoms with Crippen LogP contribution < -0.4 is 5.32 Å². The Morgan fingerprint density at radius 3 is 2.55 bits per heavy atom. The molecule has 20 heavy (non-hydrogen) atoms. The molecule has 1 N–H and O–H groups in total. The maximum atomic E-state index is 13.4. The number of anilines is 1. The second-order valence-electron chi connectivity index (χ2n) is 5.18. The van der Waals surface area contributed by atoms with Crippen molar-refractivity contribution in [2.45, 2.75) is 18.9 Å². The lowest BCUT2D eigenvalue weighted by Crippen LogP contribution is -2.13. The second-order valence-corrected chi connectivity index (χ2v) is 5.18. The van der Waals surface area contributed by atoms with Crippen molar-refractivity contribution in [3.63, 3.8) is 0 Å². The molecule has 2 aromatic rings. The van der Waals surface area contributed by atoms with Crippen LogP contribution in [0.4, 0.5) is 10.1 Å². The first-order chi connectivity index (χ1) is 9.78. The van der Waals surface area contributed by atoms with Crippen molar-refractivity contribution in [2.75, 3.05) is 5.32 Å². The molecule has 1 aliphatic carbocycles. The van der Waals surface area contributed by atoms with Gasteiger partial charge in [0.2, 0.25) is 0 Å². The number of rotatable bonds is 4. The van der Waals surface area contributed by atoms with Crippen molar-refractivity contribution in [1.29, 1.82) is 5.26 Å². The van der Waals surface area contributed by atoms with E-state index in [1.54, 1.807) is 12.1 Å². The van der Waals surface area contributed by atoms with E-state index in [0.29, 0.717) is 5.92 Å². The molecular weight excluding hydrogens is 251 g/mol. The third-order valence-electron chi connectivity index (χ3n) is 3.66. The van der Waals surface area contributed by atoms with E-state index < -0.39 is 5.82 Å². The largest absolute Gasteiger partial charge is 0.378 e. The van der Waals surface area contributed by atoms with Gasteiger partial charge < -0.3 is 5.32 Å². The van der Waals surface area contributed by atoms with Crippen LogP contribution >= 0.6 is 0 Å². The summed E-state index contributed by atoms with van der Waals surface area (Å²) < 4.78 is 13.4. The molecular formula is C17H15FN2. The Labute approximate surface area is 117 Å². The zero-order valence-electron chi connectivity index (χ0n) is 11.0. The quantitative estimate of drug-likeness (QED) is 0.897. The standard InChI is InChI=1S/C17H15FN2/c18-16-9-8-15(10-14(16)11-19)20-17(13-6-7-13)12-4-2-1-3-5-12/h1-5,8-10,13,17,20H,6-7H2. The molecule has 0 aromatic heterocycles. The van der Waals surface area contributed by atoms with E-state index in [1.807, 2.05) is 24.3 Å². The fraction of sp³-hybridized carbons (Fsp3) is 0.235. The molecule has 1 saturated carbocycles. The molecule has 1 unspecified atom stereocenters. The maximum absolute atomic E-state index is 13.4. The summed E-state index contributed by atoms with van der Waals surface area (Å²) in [5.74, 6) is 0.147. The highest BCUT2D eigenvalue weighted by molar-refractivity contribution is 5.51. The van der Waals surface area contributed by atoms with Crippen molar-refractivity contribution in [3.05, 3.63) is 65.5 Å². The molecule has 0 amide bonds. The monoisotopic (exact) mass is 266 g/mol. The van der Waals surface area contributed by atoms with Gasteiger partial charge in [-0.2, -0.15) is 5.26 Å². The zero-order valence-corrected chi connectivity index (χ0v) is 11.0. The van der Waals surface area contributed by atoms with Crippen molar-refractivity contribution >= 4 is 5.69 Å². The van der Waals surface area contributed by atoms with Crippen LogP contribution in [0, 0.1) is 23.1 Å². The number of nitrogens with one attached hydrogen (secondary N) is 1. The van der Waals surface area contributed by atoms with Gasteiger partial charge in [0.05, 0.1) is 11.6 Å². The normalized spacial score (nSPS) is 15.4. The number of halogens is 1. The molecule has 0 saturated heterocycles. The average molecular weight is 266 g/mol. The summed E-state index contributed by atoms with van der Waals surface area (Å²) in [5, 5.41) is 12.3. The molecule has 0 spiro atoms. The van der Waals surface area contributed by atoms with Gasteiger partial charge in [-0.05, 0) is 42.5 Å². The first kappa shape index (κ1) is 12.7. The van der Waals surface area contributed by atoms with Gasteiger partial charge in [0.15, 0.2) is 0 Å². The molecule has 1 fully saturated rings. The van der Waals surface area contributed by atoms with Crippen LogP contribution in [-0.2, 0) is 0 Å². The second kappa shape index (κ2) is 5.34. The first-order valence-electron chi connectivity index (χ1n) is 6.79. The van der Waals surface area contributed by atoms with Gasteiger partial charge in [-0.15, -0.1) is 0 Å². The molecule has 100 valence electrons. The third-order valence-corrected chi connectivity index (χ3v) is 3.66. The van der Waals surface area contributed by atoms with E-state index in [1.165, 1.54) is 24.5 Å². The summed E-state index contributed by atoms with van der Waals surface area (Å²) >= 11 is 0. The zero-order chi connectivity index (χ0) is 13.9. The summed E-state index contributed by atoms with van der Waals surface area (Å²) in [7, 11) is 0. The lowest BCUT2D eigenvalue weighted by molar-refractivity contribution is 0.623. The van der Waals surface area contributed by atoms with Crippen molar-refractivity contribution in [1.82, 2.24) is 0 Å². The molecule has 1 aliphatic rings. The van der Waals surface area contributed by atoms with E-state index in [2.05, 4.69) is 17.4 Å². The Balaban J connectivity index is 1.86. The predicted octanol–water partition coefficient (Wildman–Crippen LogP) is 4.26. The minimum absolute atomic E-state index is 0.0811. The van der Waals surface area contributed by atoms with Crippen LogP contribution in [-0.4, -0.2) is 0 Å². The van der Waals surface area contributed by atoms with Crippen LogP contribution in [0.25, 0.3) is 0 Å². The predicted molar refractivity (Wildman–Crippen MR) is 76.6 cm³/mol. The molecule has 0 radical (unpaired) electrons. The van der Waals surface area contributed by atoms with Gasteiger partial charge in [0.1, 0.15) is 11.9 Å². The number of nitrogens with zero attached hydrogens (tertiary/aromatic N) is 1. The van der Waals surface area contributed by atoms with Gasteiger partial charge in [-0.25, -0.2) is 4.39 Å². The Hall–Kier alpha value is -2.34. The van der Waals surface area contributed by atoms with Crippen molar-refractivity contribution in [2.24, 2.45) is 5.92 Å². The topological polar surface area (TPSA) is 35.8 Å². The Bertz CT molecular complexity index is 642. The first-order valence-corrected chi connectivity index (χ1v) is 6.79. The van der Waals surface area contributed by atoms with E-state index in [4.69, 9.17) is 5.26 Å². The maximum Gasteiger partial charge on any atom is 0.141 e. The van der Waals surface area contributed by atoms with E-state index in [-0.39, 0.29) is 11.6 Å². The summed E-state index contributed by atoms with van der Waals surface area (Å²) in [4.78, 5) is 0. The van der Waals surface area contributed by atoms with Crippen LogP contribution in [0.3, 0.4) is 0 Å². The van der Waals surface area contributed by atoms with Crippen molar-refractivity contribution < 1.29 is 4.39 Å². The Morgan fingerprint density at radius 1 is 1.15 bits per heavy atom. The smallest absolute Gasteiger partial charge is 0.141 e. The number of hydrogen-bond donors (Lipinski definition) is 1. The molecule has 0 bridgehead atoms. The van der Waals surface area contributed by atoms with Gasteiger partial charge in [-0.1, -0.05) is 30.3 Å². The molecule has 0 heterocycles. The molecule has 1 atom stereocenters. The van der Waals surface area contributed by atoms with E-state index >= 15 is 0 Å². The highest BCUT2D eigenvalue weighted by atomic mass is 19.1. The summed E-state index contributed by atoms with van der Waals surface area (Å²) in [6.45, 7) is 0. The number of nitriles is 1. The van der Waals surface area contributed by atoms with Crippen LogP contribution in [0.5, 0.6) is 0 Å². The third kappa shape index (κ3) is 2.65. The summed E-state index contributed by atoms with van der Waals surface area (Å²) in [6, 6.07) is 17.0. The number of benzene rings is 2. The Kier molecular flexibility index (Phi) is 3.39. The number of hydrogen-bond acceptors (Lipinski definition) is 2. The summed E-state index contributed by atoms with van der Waals surface area (Å²) in [5.41, 5.74) is 2.11. The van der Waals surface area contributed by atoms with Crippen molar-refractivity contribution in [3.8, 4) is 6.07 Å². The minimum Gasteiger partial charge on any atom is -0.378 e. The fourth-order valence-corrected chi connectivity index (χ4v) is 2.44. The molecule has 3 rings (SSSR count). The van der Waals surface area contributed by atoms with Gasteiger partial charge >= 0.3 is 0 Å². The van der Waals surface area contributed by atoms with Gasteiger partial charge in [0.25, 0.3) is 0 Å². The Morgan fingerprint density at radius 2 is 1.90 bits per heavy atom. The van der Waals surface area contributed by atoms with E-state index in [0.717, 1.165) is 5.69 Å². The molecule has 0 aliphatic heterocycles. The molecule has 2 aromatic carbocycles. The minimum atomic E-state index is -0.472. The van der Waals surface area contributed by atoms with Crippen LogP contribution in [0.1, 0.15) is 30.0 Å². The molecule has 2 nitrogen and oxygen atoms in total. The van der Waals surface area contributed by atoms with Crippen LogP contribution in [0.2, 0.25) is 0 Å². The average Bonchev–Trinajstić information content (AvgIpc) is 3.32. The summed E-state index contributed by atoms with van der Waals surface area (Å²) in [6.07, 6.45) is 2.41. The lowest BCUT2D eigenvalue weighted by atomic mass is 10.0. The van der Waals surface area contributed by atoms with Crippen LogP contribution in [0.15, 0.2) is 48.5 Å². The lowest BCUT2D eigenvalue weighted by Gasteiger charge is -2.20. The van der Waals surface area contributed by atoms with E-state index in [9.17, 15) is 4.39 Å². The van der Waals surface area contributed by atoms with Gasteiger partial charge in [-0.3, -0.25) is 0 Å². The fourth-order valence-electron chi connectivity index (χ4n) is 2.44.